The van der Waals surface area contributed by atoms with Gasteiger partial charge in [-0.2, -0.15) is 0 Å². The van der Waals surface area contributed by atoms with Gasteiger partial charge in [-0.05, 0) is 36.5 Å². The maximum atomic E-state index is 9.19. The average molecular weight is 221 g/mol. The second kappa shape index (κ2) is 5.27. The van der Waals surface area contributed by atoms with Gasteiger partial charge >= 0.3 is 0 Å². The third-order valence-electron chi connectivity index (χ3n) is 3.15. The Kier molecular flexibility index (Phi) is 3.74. The summed E-state index contributed by atoms with van der Waals surface area (Å²) >= 11 is 0. The SMILES string of the molecule is NCc1ccnc(N2CCCC(CO)C2)c1. The van der Waals surface area contributed by atoms with Gasteiger partial charge < -0.3 is 15.7 Å². The largest absolute Gasteiger partial charge is 0.396 e. The van der Waals surface area contributed by atoms with E-state index in [9.17, 15) is 5.11 Å². The van der Waals surface area contributed by atoms with E-state index in [4.69, 9.17) is 5.73 Å². The van der Waals surface area contributed by atoms with Gasteiger partial charge in [-0.3, -0.25) is 0 Å². The molecule has 0 bridgehead atoms. The molecule has 0 aromatic carbocycles. The molecule has 1 fully saturated rings. The van der Waals surface area contributed by atoms with Gasteiger partial charge in [0.05, 0.1) is 0 Å². The highest BCUT2D eigenvalue weighted by molar-refractivity contribution is 5.41. The number of aliphatic hydroxyl groups is 1. The third-order valence-corrected chi connectivity index (χ3v) is 3.15. The maximum absolute atomic E-state index is 9.19. The summed E-state index contributed by atoms with van der Waals surface area (Å²) in [5.74, 6) is 1.37. The van der Waals surface area contributed by atoms with E-state index in [1.807, 2.05) is 12.1 Å². The molecule has 3 N–H and O–H groups in total. The molecular weight excluding hydrogens is 202 g/mol. The van der Waals surface area contributed by atoms with Crippen LogP contribution in [0.1, 0.15) is 18.4 Å². The number of aromatic nitrogens is 1. The summed E-state index contributed by atoms with van der Waals surface area (Å²) < 4.78 is 0. The van der Waals surface area contributed by atoms with Crippen LogP contribution in [0.4, 0.5) is 5.82 Å². The van der Waals surface area contributed by atoms with Crippen molar-refractivity contribution in [3.8, 4) is 0 Å². The van der Waals surface area contributed by atoms with E-state index in [0.29, 0.717) is 12.5 Å². The highest BCUT2D eigenvalue weighted by Gasteiger charge is 2.20. The predicted octanol–water partition coefficient (Wildman–Crippen LogP) is 0.749. The summed E-state index contributed by atoms with van der Waals surface area (Å²) in [6.07, 6.45) is 4.05. The van der Waals surface area contributed by atoms with E-state index in [0.717, 1.165) is 37.3 Å². The molecule has 0 aliphatic carbocycles. The molecule has 0 radical (unpaired) electrons. The van der Waals surface area contributed by atoms with Crippen molar-refractivity contribution in [2.24, 2.45) is 11.7 Å². The van der Waals surface area contributed by atoms with Crippen LogP contribution < -0.4 is 10.6 Å². The predicted molar refractivity (Wildman–Crippen MR) is 64.2 cm³/mol. The minimum atomic E-state index is 0.271. The van der Waals surface area contributed by atoms with Crippen LogP contribution in [-0.2, 0) is 6.54 Å². The van der Waals surface area contributed by atoms with Gasteiger partial charge in [-0.15, -0.1) is 0 Å². The van der Waals surface area contributed by atoms with E-state index in [1.165, 1.54) is 0 Å². The molecule has 1 saturated heterocycles. The number of hydrogen-bond acceptors (Lipinski definition) is 4. The quantitative estimate of drug-likeness (QED) is 0.790. The molecule has 1 aliphatic heterocycles. The zero-order chi connectivity index (χ0) is 11.4. The summed E-state index contributed by atoms with van der Waals surface area (Å²) in [7, 11) is 0. The standard InChI is InChI=1S/C12H19N3O/c13-7-10-3-4-14-12(6-10)15-5-1-2-11(8-15)9-16/h3-4,6,11,16H,1-2,5,7-9,13H2. The number of piperidine rings is 1. The summed E-state index contributed by atoms with van der Waals surface area (Å²) in [6.45, 7) is 2.74. The summed E-state index contributed by atoms with van der Waals surface area (Å²) in [5.41, 5.74) is 6.72. The first kappa shape index (κ1) is 11.4. The Morgan fingerprint density at radius 3 is 3.19 bits per heavy atom. The lowest BCUT2D eigenvalue weighted by Gasteiger charge is -2.32. The van der Waals surface area contributed by atoms with Crippen molar-refractivity contribution in [2.45, 2.75) is 19.4 Å². The molecule has 1 aromatic heterocycles. The van der Waals surface area contributed by atoms with Gasteiger partial charge in [0.1, 0.15) is 5.82 Å². The zero-order valence-electron chi connectivity index (χ0n) is 9.47. The van der Waals surface area contributed by atoms with Crippen LogP contribution in [0.2, 0.25) is 0 Å². The lowest BCUT2D eigenvalue weighted by atomic mass is 9.99. The van der Waals surface area contributed by atoms with Crippen LogP contribution in [0, 0.1) is 5.92 Å². The summed E-state index contributed by atoms with van der Waals surface area (Å²) in [6, 6.07) is 3.98. The fourth-order valence-electron chi connectivity index (χ4n) is 2.18. The second-order valence-corrected chi connectivity index (χ2v) is 4.36. The van der Waals surface area contributed by atoms with Gasteiger partial charge in [-0.25, -0.2) is 4.98 Å². The number of nitrogens with two attached hydrogens (primary N) is 1. The molecule has 4 nitrogen and oxygen atoms in total. The van der Waals surface area contributed by atoms with Crippen LogP contribution in [0.25, 0.3) is 0 Å². The zero-order valence-corrected chi connectivity index (χ0v) is 9.47. The number of anilines is 1. The maximum Gasteiger partial charge on any atom is 0.128 e. The van der Waals surface area contributed by atoms with Crippen molar-refractivity contribution in [1.29, 1.82) is 0 Å². The number of hydrogen-bond donors (Lipinski definition) is 2. The first-order valence-corrected chi connectivity index (χ1v) is 5.84. The lowest BCUT2D eigenvalue weighted by molar-refractivity contribution is 0.208. The molecule has 1 unspecified atom stereocenters. The number of aliphatic hydroxyl groups excluding tert-OH is 1. The third kappa shape index (κ3) is 2.51. The molecule has 2 rings (SSSR count). The van der Waals surface area contributed by atoms with Crippen LogP contribution in [-0.4, -0.2) is 29.8 Å². The van der Waals surface area contributed by atoms with Gasteiger partial charge in [-0.1, -0.05) is 0 Å². The Bertz CT molecular complexity index is 343. The van der Waals surface area contributed by atoms with Crippen LogP contribution in [0.5, 0.6) is 0 Å². The second-order valence-electron chi connectivity index (χ2n) is 4.36. The summed E-state index contributed by atoms with van der Waals surface area (Å²) in [4.78, 5) is 6.61. The van der Waals surface area contributed by atoms with Crippen LogP contribution in [0.15, 0.2) is 18.3 Å². The van der Waals surface area contributed by atoms with Gasteiger partial charge in [0.15, 0.2) is 0 Å². The Hall–Kier alpha value is -1.13. The molecule has 0 saturated carbocycles. The van der Waals surface area contributed by atoms with Crippen molar-refractivity contribution < 1.29 is 5.11 Å². The molecular formula is C12H19N3O. The number of pyridine rings is 1. The minimum absolute atomic E-state index is 0.271. The smallest absolute Gasteiger partial charge is 0.128 e. The molecule has 88 valence electrons. The molecule has 2 heterocycles. The van der Waals surface area contributed by atoms with Crippen molar-refractivity contribution in [2.75, 3.05) is 24.6 Å². The highest BCUT2D eigenvalue weighted by atomic mass is 16.3. The first-order chi connectivity index (χ1) is 7.83. The van der Waals surface area contributed by atoms with E-state index in [-0.39, 0.29) is 6.61 Å². The normalized spacial score (nSPS) is 21.1. The first-order valence-electron chi connectivity index (χ1n) is 5.84. The number of nitrogens with zero attached hydrogens (tertiary/aromatic N) is 2. The van der Waals surface area contributed by atoms with Gasteiger partial charge in [0.2, 0.25) is 0 Å². The Labute approximate surface area is 96.1 Å². The van der Waals surface area contributed by atoms with Crippen molar-refractivity contribution in [3.05, 3.63) is 23.9 Å². The topological polar surface area (TPSA) is 62.4 Å². The van der Waals surface area contributed by atoms with E-state index < -0.39 is 0 Å². The summed E-state index contributed by atoms with van der Waals surface area (Å²) in [5, 5.41) is 9.19. The monoisotopic (exact) mass is 221 g/mol. The molecule has 0 amide bonds. The number of rotatable bonds is 3. The molecule has 0 spiro atoms. The minimum Gasteiger partial charge on any atom is -0.396 e. The molecule has 16 heavy (non-hydrogen) atoms. The Morgan fingerprint density at radius 2 is 2.44 bits per heavy atom. The molecule has 1 aliphatic rings. The van der Waals surface area contributed by atoms with Crippen LogP contribution in [0.3, 0.4) is 0 Å². The van der Waals surface area contributed by atoms with Crippen LogP contribution >= 0.6 is 0 Å². The fourth-order valence-corrected chi connectivity index (χ4v) is 2.18. The lowest BCUT2D eigenvalue weighted by Crippen LogP contribution is -2.37. The molecule has 1 atom stereocenters. The van der Waals surface area contributed by atoms with Crippen molar-refractivity contribution >= 4 is 5.82 Å². The molecule has 1 aromatic rings. The Balaban J connectivity index is 2.10. The van der Waals surface area contributed by atoms with Crippen molar-refractivity contribution in [1.82, 2.24) is 4.98 Å². The van der Waals surface area contributed by atoms with Crippen molar-refractivity contribution in [3.63, 3.8) is 0 Å². The highest BCUT2D eigenvalue weighted by Crippen LogP contribution is 2.21. The fraction of sp³-hybridized carbons (Fsp3) is 0.583. The van der Waals surface area contributed by atoms with Gasteiger partial charge in [0, 0.05) is 32.4 Å². The van der Waals surface area contributed by atoms with E-state index in [2.05, 4.69) is 9.88 Å². The molecule has 4 heteroatoms. The van der Waals surface area contributed by atoms with E-state index in [1.54, 1.807) is 6.20 Å². The Morgan fingerprint density at radius 1 is 1.56 bits per heavy atom. The van der Waals surface area contributed by atoms with Gasteiger partial charge in [0.25, 0.3) is 0 Å². The van der Waals surface area contributed by atoms with E-state index >= 15 is 0 Å². The average Bonchev–Trinajstić information content (AvgIpc) is 2.39.